The first kappa shape index (κ1) is 14.2. The highest BCUT2D eigenvalue weighted by Crippen LogP contribution is 2.27. The van der Waals surface area contributed by atoms with Gasteiger partial charge < -0.3 is 15.4 Å². The summed E-state index contributed by atoms with van der Waals surface area (Å²) in [7, 11) is 3.90. The van der Waals surface area contributed by atoms with Crippen LogP contribution in [0, 0.1) is 12.8 Å². The summed E-state index contributed by atoms with van der Waals surface area (Å²) < 4.78 is 5.31. The van der Waals surface area contributed by atoms with Crippen molar-refractivity contribution in [3.63, 3.8) is 0 Å². The van der Waals surface area contributed by atoms with E-state index in [1.807, 2.05) is 0 Å². The molecule has 3 heteroatoms. The Hall–Kier alpha value is -1.22. The van der Waals surface area contributed by atoms with Gasteiger partial charge in [-0.05, 0) is 62.3 Å². The van der Waals surface area contributed by atoms with Crippen molar-refractivity contribution in [3.8, 4) is 5.75 Å². The smallest absolute Gasteiger partial charge is 0.121 e. The molecule has 1 aliphatic carbocycles. The molecule has 0 amide bonds. The van der Waals surface area contributed by atoms with E-state index >= 15 is 0 Å². The highest BCUT2D eigenvalue weighted by Gasteiger charge is 2.20. The minimum absolute atomic E-state index is 0.435. The molecule has 1 aromatic rings. The highest BCUT2D eigenvalue weighted by molar-refractivity contribution is 5.52. The second kappa shape index (κ2) is 6.29. The van der Waals surface area contributed by atoms with E-state index in [0.717, 1.165) is 18.2 Å². The number of hydrogen-bond acceptors (Lipinski definition) is 3. The van der Waals surface area contributed by atoms with E-state index in [2.05, 4.69) is 37.1 Å². The van der Waals surface area contributed by atoms with Gasteiger partial charge in [-0.15, -0.1) is 0 Å². The molecule has 1 aromatic carbocycles. The highest BCUT2D eigenvalue weighted by atomic mass is 16.5. The molecule has 2 N–H and O–H groups in total. The number of nitrogens with zero attached hydrogens (tertiary/aromatic N) is 1. The summed E-state index contributed by atoms with van der Waals surface area (Å²) in [6.45, 7) is 3.22. The molecule has 19 heavy (non-hydrogen) atoms. The molecule has 0 aromatic heterocycles. The second-order valence-corrected chi connectivity index (χ2v) is 5.82. The molecule has 0 aliphatic heterocycles. The Morgan fingerprint density at radius 3 is 2.53 bits per heavy atom. The van der Waals surface area contributed by atoms with E-state index in [0.29, 0.717) is 6.04 Å². The van der Waals surface area contributed by atoms with Crippen LogP contribution in [0.25, 0.3) is 0 Å². The van der Waals surface area contributed by atoms with Gasteiger partial charge in [0.05, 0.1) is 7.11 Å². The lowest BCUT2D eigenvalue weighted by Gasteiger charge is -2.31. The van der Waals surface area contributed by atoms with Crippen molar-refractivity contribution < 1.29 is 4.74 Å². The van der Waals surface area contributed by atoms with Gasteiger partial charge in [-0.1, -0.05) is 0 Å². The summed E-state index contributed by atoms with van der Waals surface area (Å²) in [5.41, 5.74) is 8.43. The largest absolute Gasteiger partial charge is 0.496 e. The molecule has 0 atom stereocenters. The van der Waals surface area contributed by atoms with Crippen LogP contribution in [0.2, 0.25) is 0 Å². The van der Waals surface area contributed by atoms with Gasteiger partial charge in [-0.3, -0.25) is 0 Å². The maximum atomic E-state index is 5.96. The molecule has 0 bridgehead atoms. The third-order valence-corrected chi connectivity index (χ3v) is 4.24. The van der Waals surface area contributed by atoms with Gasteiger partial charge >= 0.3 is 0 Å². The quantitative estimate of drug-likeness (QED) is 0.906. The number of methoxy groups -OCH3 is 1. The molecule has 1 fully saturated rings. The Kier molecular flexibility index (Phi) is 4.70. The summed E-state index contributed by atoms with van der Waals surface area (Å²) >= 11 is 0. The molecule has 1 saturated carbocycles. The Morgan fingerprint density at radius 1 is 1.26 bits per heavy atom. The Bertz CT molecular complexity index is 411. The van der Waals surface area contributed by atoms with Crippen molar-refractivity contribution in [1.82, 2.24) is 0 Å². The average molecular weight is 262 g/mol. The molecule has 0 spiro atoms. The van der Waals surface area contributed by atoms with Gasteiger partial charge in [0.15, 0.2) is 0 Å². The van der Waals surface area contributed by atoms with Crippen molar-refractivity contribution >= 4 is 5.69 Å². The van der Waals surface area contributed by atoms with E-state index in [1.165, 1.54) is 36.9 Å². The molecule has 3 nitrogen and oxygen atoms in total. The lowest BCUT2D eigenvalue weighted by atomic mass is 9.86. The van der Waals surface area contributed by atoms with E-state index in [4.69, 9.17) is 10.5 Å². The van der Waals surface area contributed by atoms with Crippen molar-refractivity contribution in [1.29, 1.82) is 0 Å². The molecular weight excluding hydrogens is 236 g/mol. The van der Waals surface area contributed by atoms with Crippen LogP contribution in [0.3, 0.4) is 0 Å². The number of nitrogens with two attached hydrogens (primary N) is 1. The SMILES string of the molecule is COc1ccc(N(C)CC2CCC(N)CC2)cc1C. The molecule has 1 aliphatic rings. The van der Waals surface area contributed by atoms with Crippen molar-refractivity contribution in [3.05, 3.63) is 23.8 Å². The molecule has 0 heterocycles. The molecule has 0 unspecified atom stereocenters. The third kappa shape index (κ3) is 3.63. The molecule has 0 radical (unpaired) electrons. The monoisotopic (exact) mass is 262 g/mol. The maximum absolute atomic E-state index is 5.96. The Labute approximate surface area is 116 Å². The standard InChI is InChI=1S/C16H26N2O/c1-12-10-15(8-9-16(12)19-3)18(2)11-13-4-6-14(17)7-5-13/h8-10,13-14H,4-7,11,17H2,1-3H3. The number of anilines is 1. The lowest BCUT2D eigenvalue weighted by molar-refractivity contribution is 0.330. The fraction of sp³-hybridized carbons (Fsp3) is 0.625. The van der Waals surface area contributed by atoms with E-state index in [1.54, 1.807) is 7.11 Å². The number of hydrogen-bond donors (Lipinski definition) is 1. The third-order valence-electron chi connectivity index (χ3n) is 4.24. The van der Waals surface area contributed by atoms with Gasteiger partial charge in [0, 0.05) is 25.3 Å². The predicted molar refractivity (Wildman–Crippen MR) is 80.9 cm³/mol. The first-order chi connectivity index (χ1) is 9.10. The normalized spacial score (nSPS) is 23.2. The van der Waals surface area contributed by atoms with Crippen LogP contribution in [0.5, 0.6) is 5.75 Å². The molecule has 0 saturated heterocycles. The van der Waals surface area contributed by atoms with Gasteiger partial charge in [0.2, 0.25) is 0 Å². The summed E-state index contributed by atoms with van der Waals surface area (Å²) in [5.74, 6) is 1.74. The summed E-state index contributed by atoms with van der Waals surface area (Å²) in [5, 5.41) is 0. The Morgan fingerprint density at radius 2 is 1.95 bits per heavy atom. The average Bonchev–Trinajstić information content (AvgIpc) is 2.41. The van der Waals surface area contributed by atoms with Crippen molar-refractivity contribution in [2.24, 2.45) is 11.7 Å². The number of benzene rings is 1. The number of rotatable bonds is 4. The maximum Gasteiger partial charge on any atom is 0.121 e. The lowest BCUT2D eigenvalue weighted by Crippen LogP contribution is -2.32. The topological polar surface area (TPSA) is 38.5 Å². The van der Waals surface area contributed by atoms with Crippen molar-refractivity contribution in [2.75, 3.05) is 25.6 Å². The molecule has 106 valence electrons. The Balaban J connectivity index is 1.96. The van der Waals surface area contributed by atoms with Crippen LogP contribution >= 0.6 is 0 Å². The summed E-state index contributed by atoms with van der Waals surface area (Å²) in [4.78, 5) is 2.36. The first-order valence-electron chi connectivity index (χ1n) is 7.21. The van der Waals surface area contributed by atoms with Crippen LogP contribution in [-0.2, 0) is 0 Å². The number of ether oxygens (including phenoxy) is 1. The minimum Gasteiger partial charge on any atom is -0.496 e. The fourth-order valence-electron chi connectivity index (χ4n) is 2.96. The summed E-state index contributed by atoms with van der Waals surface area (Å²) in [6, 6.07) is 6.83. The number of aryl methyl sites for hydroxylation is 1. The zero-order valence-corrected chi connectivity index (χ0v) is 12.4. The van der Waals surface area contributed by atoms with E-state index in [9.17, 15) is 0 Å². The second-order valence-electron chi connectivity index (χ2n) is 5.82. The van der Waals surface area contributed by atoms with Crippen LogP contribution in [-0.4, -0.2) is 26.7 Å². The van der Waals surface area contributed by atoms with Gasteiger partial charge in [-0.25, -0.2) is 0 Å². The van der Waals surface area contributed by atoms with Gasteiger partial charge in [0.1, 0.15) is 5.75 Å². The fourth-order valence-corrected chi connectivity index (χ4v) is 2.96. The molecule has 2 rings (SSSR count). The predicted octanol–water partition coefficient (Wildman–Crippen LogP) is 2.96. The molecular formula is C16H26N2O. The van der Waals surface area contributed by atoms with Crippen molar-refractivity contribution in [2.45, 2.75) is 38.6 Å². The van der Waals surface area contributed by atoms with Gasteiger partial charge in [0.25, 0.3) is 0 Å². The minimum atomic E-state index is 0.435. The van der Waals surface area contributed by atoms with Crippen LogP contribution in [0.4, 0.5) is 5.69 Å². The summed E-state index contributed by atoms with van der Waals surface area (Å²) in [6.07, 6.45) is 4.89. The van der Waals surface area contributed by atoms with Crippen LogP contribution in [0.1, 0.15) is 31.2 Å². The zero-order valence-electron chi connectivity index (χ0n) is 12.4. The van der Waals surface area contributed by atoms with Crippen LogP contribution < -0.4 is 15.4 Å². The van der Waals surface area contributed by atoms with Crippen LogP contribution in [0.15, 0.2) is 18.2 Å². The van der Waals surface area contributed by atoms with Gasteiger partial charge in [-0.2, -0.15) is 0 Å². The van der Waals surface area contributed by atoms with E-state index < -0.39 is 0 Å². The van der Waals surface area contributed by atoms with E-state index in [-0.39, 0.29) is 0 Å². The first-order valence-corrected chi connectivity index (χ1v) is 7.21. The zero-order chi connectivity index (χ0) is 13.8.